The smallest absolute Gasteiger partial charge is 0.203 e. The van der Waals surface area contributed by atoms with Crippen molar-refractivity contribution in [1.82, 2.24) is 0 Å². The third kappa shape index (κ3) is 2.53. The summed E-state index contributed by atoms with van der Waals surface area (Å²) in [7, 11) is 4.79. The fourth-order valence-corrected chi connectivity index (χ4v) is 1.45. The highest BCUT2D eigenvalue weighted by Gasteiger charge is 2.12. The molecule has 0 saturated carbocycles. The van der Waals surface area contributed by atoms with E-state index in [9.17, 15) is 0 Å². The van der Waals surface area contributed by atoms with Gasteiger partial charge in [-0.15, -0.1) is 0 Å². The van der Waals surface area contributed by atoms with Crippen LogP contribution in [0.2, 0.25) is 0 Å². The van der Waals surface area contributed by atoms with Crippen LogP contribution in [0.25, 0.3) is 0 Å². The zero-order chi connectivity index (χ0) is 11.3. The number of methoxy groups -OCH3 is 3. The Morgan fingerprint density at radius 1 is 1.00 bits per heavy atom. The highest BCUT2D eigenvalue weighted by atomic mass is 16.6. The van der Waals surface area contributed by atoms with Crippen LogP contribution in [0.1, 0.15) is 5.56 Å². The van der Waals surface area contributed by atoms with Gasteiger partial charge in [-0.1, -0.05) is 0 Å². The second-order valence-electron chi connectivity index (χ2n) is 3.07. The molecule has 0 aliphatic heterocycles. The lowest BCUT2D eigenvalue weighted by Crippen LogP contribution is -2.04. The van der Waals surface area contributed by atoms with Crippen molar-refractivity contribution in [3.05, 3.63) is 17.7 Å². The number of rotatable bonds is 5. The monoisotopic (exact) mass is 214 g/mol. The van der Waals surface area contributed by atoms with Crippen LogP contribution in [0.15, 0.2) is 12.1 Å². The van der Waals surface area contributed by atoms with E-state index in [0.29, 0.717) is 23.8 Å². The molecular weight excluding hydrogens is 197 g/mol. The minimum atomic E-state index is 0.596. The lowest BCUT2D eigenvalue weighted by molar-refractivity contribution is 0.324. The Kier molecular flexibility index (Phi) is 4.24. The average molecular weight is 214 g/mol. The molecule has 0 spiro atoms. The van der Waals surface area contributed by atoms with Gasteiger partial charge in [-0.2, -0.15) is 0 Å². The molecule has 0 saturated heterocycles. The van der Waals surface area contributed by atoms with Crippen molar-refractivity contribution in [3.8, 4) is 17.2 Å². The highest BCUT2D eigenvalue weighted by Crippen LogP contribution is 2.38. The first-order chi connectivity index (χ1) is 7.26. The normalized spacial score (nSPS) is 9.87. The first kappa shape index (κ1) is 11.7. The van der Waals surface area contributed by atoms with Gasteiger partial charge in [-0.3, -0.25) is 0 Å². The molecule has 0 aliphatic carbocycles. The number of benzene rings is 1. The van der Waals surface area contributed by atoms with E-state index < -0.39 is 0 Å². The van der Waals surface area contributed by atoms with Crippen molar-refractivity contribution in [1.29, 1.82) is 0 Å². The summed E-state index contributed by atoms with van der Waals surface area (Å²) < 4.78 is 15.6. The minimum Gasteiger partial charge on any atom is -0.493 e. The second kappa shape index (κ2) is 5.46. The molecule has 0 aliphatic rings. The van der Waals surface area contributed by atoms with Crippen molar-refractivity contribution in [2.24, 2.45) is 5.73 Å². The minimum absolute atomic E-state index is 0.596. The summed E-state index contributed by atoms with van der Waals surface area (Å²) in [6.07, 6.45) is 0.788. The Balaban J connectivity index is 3.16. The van der Waals surface area contributed by atoms with Crippen molar-refractivity contribution < 1.29 is 14.2 Å². The van der Waals surface area contributed by atoms with Gasteiger partial charge in [0, 0.05) is 0 Å². The largest absolute Gasteiger partial charge is 0.493 e. The molecule has 0 aromatic heterocycles. The molecule has 0 fully saturated rings. The molecule has 4 nitrogen and oxygen atoms in total. The zero-order valence-electron chi connectivity index (χ0n) is 9.37. The number of nitrogens with two attached hydrogens (primary N) is 1. The van der Waals surface area contributed by atoms with Gasteiger partial charge in [0.2, 0.25) is 5.75 Å². The van der Waals surface area contributed by atoms with E-state index in [1.165, 1.54) is 0 Å². The van der Waals surface area contributed by atoms with Gasteiger partial charge in [0.15, 0.2) is 11.5 Å². The Morgan fingerprint density at radius 2 is 1.53 bits per heavy atom. The maximum absolute atomic E-state index is 5.50. The number of hydrogen-bond donors (Lipinski definition) is 1. The fourth-order valence-electron chi connectivity index (χ4n) is 1.45. The van der Waals surface area contributed by atoms with Crippen LogP contribution in [0.4, 0.5) is 0 Å². The van der Waals surface area contributed by atoms with Gasteiger partial charge in [-0.05, 0) is 30.7 Å². The molecule has 1 rings (SSSR count). The summed E-state index contributed by atoms with van der Waals surface area (Å²) in [4.78, 5) is 0. The lowest BCUT2D eigenvalue weighted by atomic mass is 10.1. The standard InChI is InChI=1S/C11H17NO3/c1-13-9-6-8(4-5-12)7-10(14-2)11(9)15-3/h6-7H,4-5,12H2,1-3H3/i1+1,2+1,3+1. The van der Waals surface area contributed by atoms with Crippen molar-refractivity contribution in [2.45, 2.75) is 6.42 Å². The van der Waals surface area contributed by atoms with E-state index in [0.717, 1.165) is 12.0 Å². The van der Waals surface area contributed by atoms with E-state index in [1.807, 2.05) is 12.1 Å². The van der Waals surface area contributed by atoms with Crippen molar-refractivity contribution in [2.75, 3.05) is 27.9 Å². The molecule has 0 unspecified atom stereocenters. The number of ether oxygens (including phenoxy) is 3. The van der Waals surface area contributed by atoms with Crippen LogP contribution < -0.4 is 19.9 Å². The Morgan fingerprint density at radius 3 is 1.87 bits per heavy atom. The molecule has 0 atom stereocenters. The summed E-state index contributed by atoms with van der Waals surface area (Å²) in [6.45, 7) is 0.596. The van der Waals surface area contributed by atoms with Gasteiger partial charge in [0.05, 0.1) is 21.3 Å². The van der Waals surface area contributed by atoms with Crippen LogP contribution in [0, 0.1) is 0 Å². The van der Waals surface area contributed by atoms with Gasteiger partial charge in [0.1, 0.15) is 0 Å². The van der Waals surface area contributed by atoms with E-state index in [-0.39, 0.29) is 0 Å². The van der Waals surface area contributed by atoms with E-state index >= 15 is 0 Å². The second-order valence-corrected chi connectivity index (χ2v) is 3.07. The maximum Gasteiger partial charge on any atom is 0.203 e. The predicted octanol–water partition coefficient (Wildman–Crippen LogP) is 1.21. The lowest BCUT2D eigenvalue weighted by Gasteiger charge is -2.13. The molecule has 2 N–H and O–H groups in total. The summed E-state index contributed by atoms with van der Waals surface area (Å²) >= 11 is 0. The van der Waals surface area contributed by atoms with Crippen LogP contribution in [-0.4, -0.2) is 27.9 Å². The van der Waals surface area contributed by atoms with Crippen LogP contribution in [-0.2, 0) is 6.42 Å². The molecule has 0 radical (unpaired) electrons. The van der Waals surface area contributed by atoms with Crippen LogP contribution in [0.5, 0.6) is 17.2 Å². The quantitative estimate of drug-likeness (QED) is 0.748. The third-order valence-corrected chi connectivity index (χ3v) is 2.16. The van der Waals surface area contributed by atoms with Gasteiger partial charge < -0.3 is 19.9 Å². The number of hydrogen-bond acceptors (Lipinski definition) is 4. The molecule has 0 amide bonds. The zero-order valence-corrected chi connectivity index (χ0v) is 9.37. The van der Waals surface area contributed by atoms with E-state index in [4.69, 9.17) is 19.9 Å². The van der Waals surface area contributed by atoms with Gasteiger partial charge in [-0.25, -0.2) is 0 Å². The first-order valence-corrected chi connectivity index (χ1v) is 4.75. The average Bonchev–Trinajstić information content (AvgIpc) is 2.28. The van der Waals surface area contributed by atoms with Gasteiger partial charge >= 0.3 is 0 Å². The molecular formula is C11H17NO3. The third-order valence-electron chi connectivity index (χ3n) is 2.16. The summed E-state index contributed by atoms with van der Waals surface area (Å²) in [5, 5.41) is 0. The highest BCUT2D eigenvalue weighted by molar-refractivity contribution is 5.53. The first-order valence-electron chi connectivity index (χ1n) is 4.75. The molecule has 4 heteroatoms. The molecule has 1 aromatic rings. The topological polar surface area (TPSA) is 53.7 Å². The van der Waals surface area contributed by atoms with Crippen molar-refractivity contribution >= 4 is 0 Å². The van der Waals surface area contributed by atoms with E-state index in [1.54, 1.807) is 21.3 Å². The van der Waals surface area contributed by atoms with Crippen molar-refractivity contribution in [3.63, 3.8) is 0 Å². The maximum atomic E-state index is 5.50. The fraction of sp³-hybridized carbons (Fsp3) is 0.455. The van der Waals surface area contributed by atoms with E-state index in [2.05, 4.69) is 0 Å². The predicted molar refractivity (Wildman–Crippen MR) is 58.9 cm³/mol. The molecule has 1 aromatic carbocycles. The molecule has 15 heavy (non-hydrogen) atoms. The van der Waals surface area contributed by atoms with Crippen LogP contribution >= 0.6 is 0 Å². The Labute approximate surface area is 89.9 Å². The van der Waals surface area contributed by atoms with Gasteiger partial charge in [0.25, 0.3) is 0 Å². The Hall–Kier alpha value is -1.42. The molecule has 84 valence electrons. The van der Waals surface area contributed by atoms with Crippen LogP contribution in [0.3, 0.4) is 0 Å². The molecule has 0 heterocycles. The summed E-state index contributed by atoms with van der Waals surface area (Å²) in [5.74, 6) is 1.95. The molecule has 0 bridgehead atoms. The SMILES string of the molecule is [13CH3]Oc1cc(CCN)cc(O[13CH3])c1O[13CH3]. The Bertz CT molecular complexity index is 301. The summed E-state index contributed by atoms with van der Waals surface area (Å²) in [6, 6.07) is 3.82. The summed E-state index contributed by atoms with van der Waals surface area (Å²) in [5.41, 5.74) is 6.58.